The Morgan fingerprint density at radius 3 is 2.06 bits per heavy atom. The van der Waals surface area contributed by atoms with Gasteiger partial charge >= 0.3 is 110 Å². The normalized spacial score (nSPS) is 15.9. The van der Waals surface area contributed by atoms with Crippen LogP contribution in [0.4, 0.5) is 0 Å². The van der Waals surface area contributed by atoms with Crippen molar-refractivity contribution >= 4 is 29.1 Å². The zero-order valence-corrected chi connectivity index (χ0v) is 12.7. The molecule has 2 rings (SSSR count). The summed E-state index contributed by atoms with van der Waals surface area (Å²) < 4.78 is 1.16. The molecule has 1 aliphatic rings. The summed E-state index contributed by atoms with van der Waals surface area (Å²) in [6.07, 6.45) is 2.20. The fraction of sp³-hybridized carbons (Fsp3) is 0.308. The average molecular weight is 342 g/mol. The number of rotatable bonds is 0. The van der Waals surface area contributed by atoms with Gasteiger partial charge < -0.3 is 0 Å². The molecule has 1 aromatic carbocycles. The molecule has 0 radical (unpaired) electrons. The summed E-state index contributed by atoms with van der Waals surface area (Å²) in [6.45, 7) is 6.66. The number of benzene rings is 1. The summed E-state index contributed by atoms with van der Waals surface area (Å²) in [4.78, 5) is 0. The molecule has 1 aromatic rings. The summed E-state index contributed by atoms with van der Waals surface area (Å²) in [5.74, 6) is 0. The monoisotopic (exact) mass is 342 g/mol. The zero-order valence-electron chi connectivity index (χ0n) is 9.50. The third-order valence-corrected chi connectivity index (χ3v) is 5.82. The first-order valence-corrected chi connectivity index (χ1v) is 10.4. The van der Waals surface area contributed by atoms with Crippen LogP contribution in [-0.2, 0) is 13.5 Å². The van der Waals surface area contributed by atoms with Crippen LogP contribution < -0.4 is 0 Å². The predicted octanol–water partition coefficient (Wildman–Crippen LogP) is 4.58. The van der Waals surface area contributed by atoms with Gasteiger partial charge in [-0.05, 0) is 0 Å². The van der Waals surface area contributed by atoms with Crippen LogP contribution in [0.15, 0.2) is 30.3 Å². The van der Waals surface area contributed by atoms with E-state index in [9.17, 15) is 0 Å². The molecular weight excluding hydrogens is 328 g/mol. The quantitative estimate of drug-likeness (QED) is 0.606. The minimum atomic E-state index is -1.83. The Hall–Kier alpha value is 0.0334. The van der Waals surface area contributed by atoms with Crippen LogP contribution in [0.25, 0.3) is 5.57 Å². The molecule has 0 spiro atoms. The van der Waals surface area contributed by atoms with E-state index in [4.69, 9.17) is 19.4 Å². The van der Waals surface area contributed by atoms with Gasteiger partial charge in [0.15, 0.2) is 0 Å². The fourth-order valence-corrected chi connectivity index (χ4v) is 4.41. The number of allylic oxidation sites excluding steroid dienone is 2. The maximum atomic E-state index is 6.15. The van der Waals surface area contributed by atoms with E-state index in [0.29, 0.717) is 0 Å². The van der Waals surface area contributed by atoms with Crippen LogP contribution in [0, 0.1) is 5.41 Å². The van der Waals surface area contributed by atoms with Crippen molar-refractivity contribution in [2.75, 3.05) is 0 Å². The van der Waals surface area contributed by atoms with Gasteiger partial charge in [0.05, 0.1) is 0 Å². The molecule has 0 amide bonds. The van der Waals surface area contributed by atoms with Crippen LogP contribution in [-0.4, -0.2) is 4.11 Å². The Labute approximate surface area is 110 Å². The molecule has 0 atom stereocenters. The Morgan fingerprint density at radius 1 is 1.00 bits per heavy atom. The van der Waals surface area contributed by atoms with Gasteiger partial charge in [0.1, 0.15) is 0 Å². The molecule has 0 fully saturated rings. The Bertz CT molecular complexity index is 489. The van der Waals surface area contributed by atoms with Crippen molar-refractivity contribution in [1.29, 1.82) is 0 Å². The summed E-state index contributed by atoms with van der Waals surface area (Å²) in [5, 5.41) is 0. The molecule has 1 aliphatic carbocycles. The topological polar surface area (TPSA) is 0 Å². The van der Waals surface area contributed by atoms with Crippen LogP contribution in [0.1, 0.15) is 31.9 Å². The SMILES string of the molecule is CC(C)(C)C1=C[C](=[Ru]([Cl])[Cl])c2ccccc21. The molecule has 0 heterocycles. The second-order valence-electron chi connectivity index (χ2n) is 4.87. The van der Waals surface area contributed by atoms with E-state index in [1.54, 1.807) is 0 Å². The van der Waals surface area contributed by atoms with Crippen molar-refractivity contribution in [3.05, 3.63) is 41.5 Å². The molecule has 0 N–H and O–H groups in total. The van der Waals surface area contributed by atoms with Crippen LogP contribution >= 0.6 is 19.4 Å². The molecule has 88 valence electrons. The summed E-state index contributed by atoms with van der Waals surface area (Å²) in [5.41, 5.74) is 4.01. The van der Waals surface area contributed by atoms with E-state index in [0.717, 1.165) is 4.11 Å². The van der Waals surface area contributed by atoms with Crippen molar-refractivity contribution in [3.8, 4) is 0 Å². The van der Waals surface area contributed by atoms with Gasteiger partial charge in [0, 0.05) is 0 Å². The van der Waals surface area contributed by atoms with E-state index in [1.807, 2.05) is 6.07 Å². The molecule has 3 heteroatoms. The minimum absolute atomic E-state index is 0.135. The second kappa shape index (κ2) is 4.37. The van der Waals surface area contributed by atoms with Crippen molar-refractivity contribution in [2.45, 2.75) is 20.8 Å². The Morgan fingerprint density at radius 2 is 1.56 bits per heavy atom. The van der Waals surface area contributed by atoms with Crippen LogP contribution in [0.5, 0.6) is 0 Å². The molecule has 0 aromatic heterocycles. The van der Waals surface area contributed by atoms with E-state index in [1.165, 1.54) is 16.7 Å². The second-order valence-corrected chi connectivity index (χ2v) is 10.7. The first-order valence-electron chi connectivity index (χ1n) is 5.10. The molecule has 0 aliphatic heterocycles. The third-order valence-electron chi connectivity index (χ3n) is 2.69. The van der Waals surface area contributed by atoms with E-state index in [2.05, 4.69) is 45.0 Å². The fourth-order valence-electron chi connectivity index (χ4n) is 1.93. The van der Waals surface area contributed by atoms with Gasteiger partial charge in [-0.25, -0.2) is 0 Å². The number of halogens is 2. The van der Waals surface area contributed by atoms with Crippen molar-refractivity contribution < 1.29 is 13.5 Å². The number of hydrogen-bond donors (Lipinski definition) is 0. The standard InChI is InChI=1S/C13H14.2ClH.Ru/c1-13(2,3)12-9-8-10-6-4-5-7-11(10)12;;;/h4-7,9H,1-3H3;2*1H;/q;;;+2/p-2. The number of fused-ring (bicyclic) bond motifs is 1. The van der Waals surface area contributed by atoms with Gasteiger partial charge in [0.25, 0.3) is 0 Å². The summed E-state index contributed by atoms with van der Waals surface area (Å²) in [7, 11) is 12.3. The van der Waals surface area contributed by atoms with Gasteiger partial charge in [0.2, 0.25) is 0 Å². The molecule has 0 saturated heterocycles. The van der Waals surface area contributed by atoms with Gasteiger partial charge in [-0.2, -0.15) is 0 Å². The molecule has 0 unspecified atom stereocenters. The molecule has 16 heavy (non-hydrogen) atoms. The Balaban J connectivity index is 2.69. The number of hydrogen-bond acceptors (Lipinski definition) is 0. The van der Waals surface area contributed by atoms with Crippen molar-refractivity contribution in [2.24, 2.45) is 5.41 Å². The van der Waals surface area contributed by atoms with Gasteiger partial charge in [-0.1, -0.05) is 0 Å². The van der Waals surface area contributed by atoms with E-state index < -0.39 is 13.5 Å². The molecule has 0 nitrogen and oxygen atoms in total. The average Bonchev–Trinajstić information content (AvgIpc) is 2.56. The summed E-state index contributed by atoms with van der Waals surface area (Å²) >= 11 is -1.83. The first-order chi connectivity index (χ1) is 7.41. The van der Waals surface area contributed by atoms with Crippen molar-refractivity contribution in [3.63, 3.8) is 0 Å². The van der Waals surface area contributed by atoms with E-state index >= 15 is 0 Å². The molecular formula is C13H14Cl2Ru. The predicted molar refractivity (Wildman–Crippen MR) is 69.7 cm³/mol. The molecule has 0 bridgehead atoms. The van der Waals surface area contributed by atoms with E-state index in [-0.39, 0.29) is 5.41 Å². The maximum absolute atomic E-state index is 6.15. The first kappa shape index (κ1) is 12.5. The zero-order chi connectivity index (χ0) is 11.9. The van der Waals surface area contributed by atoms with Gasteiger partial charge in [-0.3, -0.25) is 0 Å². The summed E-state index contributed by atoms with van der Waals surface area (Å²) in [6, 6.07) is 8.39. The van der Waals surface area contributed by atoms with Gasteiger partial charge in [-0.15, -0.1) is 0 Å². The van der Waals surface area contributed by atoms with Crippen LogP contribution in [0.3, 0.4) is 0 Å². The Kier molecular flexibility index (Phi) is 3.41. The molecule has 0 saturated carbocycles. The third kappa shape index (κ3) is 2.18. The van der Waals surface area contributed by atoms with Crippen LogP contribution in [0.2, 0.25) is 0 Å². The van der Waals surface area contributed by atoms with Crippen molar-refractivity contribution in [1.82, 2.24) is 0 Å².